The molecule has 5 heteroatoms. The Labute approximate surface area is 202 Å². The number of benzene rings is 3. The maximum atomic E-state index is 11.0. The molecule has 1 N–H and O–H groups in total. The van der Waals surface area contributed by atoms with E-state index in [9.17, 15) is 10.1 Å². The lowest BCUT2D eigenvalue weighted by Crippen LogP contribution is -2.00. The second-order valence-corrected chi connectivity index (χ2v) is 9.06. The lowest BCUT2D eigenvalue weighted by Gasteiger charge is -2.08. The molecule has 0 saturated carbocycles. The maximum absolute atomic E-state index is 11.0. The van der Waals surface area contributed by atoms with Gasteiger partial charge in [-0.1, -0.05) is 62.8 Å². The van der Waals surface area contributed by atoms with Crippen LogP contribution >= 0.6 is 0 Å². The van der Waals surface area contributed by atoms with Crippen LogP contribution < -0.4 is 10.1 Å². The fourth-order valence-electron chi connectivity index (χ4n) is 4.64. The number of anilines is 1. The van der Waals surface area contributed by atoms with E-state index in [1.807, 2.05) is 18.2 Å². The Morgan fingerprint density at radius 2 is 1.41 bits per heavy atom. The standard InChI is InChI=1S/C29H34N2O3/c32-31(33)26-14-16-28-23(21-26)20-24-22-27(15-17-29(24)28)34-19-11-6-4-2-1-3-5-10-18-30-25-12-8-7-9-13-25/h7-9,12-17,21-22,30H,1-6,10-11,18-20H2. The number of nitro benzene ring substituents is 1. The van der Waals surface area contributed by atoms with Gasteiger partial charge in [0.05, 0.1) is 11.5 Å². The van der Waals surface area contributed by atoms with Gasteiger partial charge in [-0.25, -0.2) is 0 Å². The molecule has 1 aliphatic rings. The first kappa shape index (κ1) is 23.8. The summed E-state index contributed by atoms with van der Waals surface area (Å²) in [4.78, 5) is 10.7. The zero-order valence-electron chi connectivity index (χ0n) is 19.8. The molecule has 0 aromatic heterocycles. The van der Waals surface area contributed by atoms with E-state index >= 15 is 0 Å². The Bertz CT molecular complexity index is 1080. The van der Waals surface area contributed by atoms with Crippen LogP contribution in [0.25, 0.3) is 11.1 Å². The van der Waals surface area contributed by atoms with Crippen molar-refractivity contribution in [2.45, 2.75) is 57.8 Å². The molecule has 0 amide bonds. The van der Waals surface area contributed by atoms with Gasteiger partial charge in [0.25, 0.3) is 5.69 Å². The minimum Gasteiger partial charge on any atom is -0.494 e. The topological polar surface area (TPSA) is 64.4 Å². The molecular weight excluding hydrogens is 424 g/mol. The van der Waals surface area contributed by atoms with Crippen LogP contribution in [0.4, 0.5) is 11.4 Å². The zero-order chi connectivity index (χ0) is 23.6. The molecule has 0 fully saturated rings. The lowest BCUT2D eigenvalue weighted by molar-refractivity contribution is -0.384. The fourth-order valence-corrected chi connectivity index (χ4v) is 4.64. The van der Waals surface area contributed by atoms with Gasteiger partial charge in [0.15, 0.2) is 0 Å². The predicted octanol–water partition coefficient (Wildman–Crippen LogP) is 7.78. The first-order valence-electron chi connectivity index (χ1n) is 12.5. The molecule has 0 aliphatic heterocycles. The van der Waals surface area contributed by atoms with Crippen LogP contribution in [0.5, 0.6) is 5.75 Å². The molecule has 5 nitrogen and oxygen atoms in total. The van der Waals surface area contributed by atoms with Crippen molar-refractivity contribution in [2.24, 2.45) is 0 Å². The van der Waals surface area contributed by atoms with E-state index < -0.39 is 0 Å². The first-order chi connectivity index (χ1) is 16.7. The Balaban J connectivity index is 1.05. The summed E-state index contributed by atoms with van der Waals surface area (Å²) in [7, 11) is 0. The molecule has 34 heavy (non-hydrogen) atoms. The molecule has 0 atom stereocenters. The number of hydrogen-bond donors (Lipinski definition) is 1. The van der Waals surface area contributed by atoms with Gasteiger partial charge in [-0.3, -0.25) is 10.1 Å². The summed E-state index contributed by atoms with van der Waals surface area (Å²) in [5.41, 5.74) is 5.83. The number of non-ortho nitro benzene ring substituents is 1. The number of para-hydroxylation sites is 1. The third-order valence-electron chi connectivity index (χ3n) is 6.49. The molecule has 4 rings (SSSR count). The maximum Gasteiger partial charge on any atom is 0.269 e. The van der Waals surface area contributed by atoms with Crippen LogP contribution in [-0.4, -0.2) is 18.1 Å². The first-order valence-corrected chi connectivity index (χ1v) is 12.5. The second-order valence-electron chi connectivity index (χ2n) is 9.06. The SMILES string of the molecule is O=[N+]([O-])c1ccc2c(c1)Cc1cc(OCCCCCCCCCCNc3ccccc3)ccc1-2. The highest BCUT2D eigenvalue weighted by molar-refractivity contribution is 5.78. The Morgan fingerprint density at radius 1 is 0.765 bits per heavy atom. The van der Waals surface area contributed by atoms with Gasteiger partial charge < -0.3 is 10.1 Å². The van der Waals surface area contributed by atoms with Crippen molar-refractivity contribution in [2.75, 3.05) is 18.5 Å². The van der Waals surface area contributed by atoms with Crippen molar-refractivity contribution in [3.8, 4) is 16.9 Å². The molecule has 0 spiro atoms. The number of nitrogens with one attached hydrogen (secondary N) is 1. The highest BCUT2D eigenvalue weighted by Gasteiger charge is 2.21. The molecule has 178 valence electrons. The van der Waals surface area contributed by atoms with Crippen LogP contribution in [0.3, 0.4) is 0 Å². The summed E-state index contributed by atoms with van der Waals surface area (Å²) in [5.74, 6) is 0.894. The van der Waals surface area contributed by atoms with Crippen LogP contribution in [0.15, 0.2) is 66.7 Å². The van der Waals surface area contributed by atoms with E-state index in [1.165, 1.54) is 56.2 Å². The largest absolute Gasteiger partial charge is 0.494 e. The number of hydrogen-bond acceptors (Lipinski definition) is 4. The van der Waals surface area contributed by atoms with Crippen molar-refractivity contribution < 1.29 is 9.66 Å². The van der Waals surface area contributed by atoms with Crippen LogP contribution in [0.1, 0.15) is 62.5 Å². The molecule has 3 aromatic rings. The number of rotatable bonds is 14. The van der Waals surface area contributed by atoms with Gasteiger partial charge in [-0.05, 0) is 71.8 Å². The smallest absolute Gasteiger partial charge is 0.269 e. The summed E-state index contributed by atoms with van der Waals surface area (Å²) < 4.78 is 5.99. The van der Waals surface area contributed by atoms with E-state index in [2.05, 4.69) is 41.7 Å². The molecule has 0 unspecified atom stereocenters. The third-order valence-corrected chi connectivity index (χ3v) is 6.49. The molecule has 0 bridgehead atoms. The molecule has 3 aromatic carbocycles. The number of nitrogens with zero attached hydrogens (tertiary/aromatic N) is 1. The molecule has 0 saturated heterocycles. The molecular formula is C29H34N2O3. The van der Waals surface area contributed by atoms with Gasteiger partial charge in [-0.15, -0.1) is 0 Å². The Morgan fingerprint density at radius 3 is 2.15 bits per heavy atom. The quantitative estimate of drug-likeness (QED) is 0.119. The molecule has 0 radical (unpaired) electrons. The monoisotopic (exact) mass is 458 g/mol. The summed E-state index contributed by atoms with van der Waals surface area (Å²) in [6.07, 6.45) is 10.7. The van der Waals surface area contributed by atoms with Crippen LogP contribution in [-0.2, 0) is 6.42 Å². The van der Waals surface area contributed by atoms with Crippen LogP contribution in [0.2, 0.25) is 0 Å². The average Bonchev–Trinajstić information content (AvgIpc) is 3.22. The number of fused-ring (bicyclic) bond motifs is 3. The number of unbranched alkanes of at least 4 members (excludes halogenated alkanes) is 7. The van der Waals surface area contributed by atoms with Gasteiger partial charge in [0.1, 0.15) is 5.75 Å². The van der Waals surface area contributed by atoms with Gasteiger partial charge >= 0.3 is 0 Å². The van der Waals surface area contributed by atoms with E-state index in [1.54, 1.807) is 12.1 Å². The summed E-state index contributed by atoms with van der Waals surface area (Å²) in [5, 5.41) is 14.5. The van der Waals surface area contributed by atoms with Gasteiger partial charge in [0, 0.05) is 24.4 Å². The summed E-state index contributed by atoms with van der Waals surface area (Å²) in [6.45, 7) is 1.79. The number of nitro groups is 1. The van der Waals surface area contributed by atoms with Crippen molar-refractivity contribution >= 4 is 11.4 Å². The van der Waals surface area contributed by atoms with E-state index in [0.717, 1.165) is 48.4 Å². The van der Waals surface area contributed by atoms with Crippen molar-refractivity contribution in [1.29, 1.82) is 0 Å². The van der Waals surface area contributed by atoms with E-state index in [0.29, 0.717) is 0 Å². The molecule has 1 aliphatic carbocycles. The fraction of sp³-hybridized carbons (Fsp3) is 0.379. The molecule has 0 heterocycles. The van der Waals surface area contributed by atoms with Crippen molar-refractivity contribution in [3.63, 3.8) is 0 Å². The normalized spacial score (nSPS) is 11.6. The highest BCUT2D eigenvalue weighted by atomic mass is 16.6. The third kappa shape index (κ3) is 6.60. The summed E-state index contributed by atoms with van der Waals surface area (Å²) >= 11 is 0. The van der Waals surface area contributed by atoms with E-state index in [4.69, 9.17) is 4.74 Å². The highest BCUT2D eigenvalue weighted by Crippen LogP contribution is 2.39. The number of ether oxygens (including phenoxy) is 1. The minimum atomic E-state index is -0.331. The Kier molecular flexibility index (Phi) is 8.55. The van der Waals surface area contributed by atoms with Gasteiger partial charge in [0.2, 0.25) is 0 Å². The predicted molar refractivity (Wildman–Crippen MR) is 139 cm³/mol. The van der Waals surface area contributed by atoms with Crippen molar-refractivity contribution in [3.05, 3.63) is 88.0 Å². The average molecular weight is 459 g/mol. The minimum absolute atomic E-state index is 0.156. The Hall–Kier alpha value is -3.34. The van der Waals surface area contributed by atoms with Crippen LogP contribution in [0, 0.1) is 10.1 Å². The zero-order valence-corrected chi connectivity index (χ0v) is 19.8. The summed E-state index contributed by atoms with van der Waals surface area (Å²) in [6, 6.07) is 21.7. The van der Waals surface area contributed by atoms with E-state index in [-0.39, 0.29) is 10.6 Å². The van der Waals surface area contributed by atoms with Crippen molar-refractivity contribution in [1.82, 2.24) is 0 Å². The second kappa shape index (κ2) is 12.2. The van der Waals surface area contributed by atoms with Gasteiger partial charge in [-0.2, -0.15) is 0 Å². The lowest BCUT2D eigenvalue weighted by atomic mass is 10.1.